The highest BCUT2D eigenvalue weighted by Crippen LogP contribution is 2.13. The fourth-order valence-corrected chi connectivity index (χ4v) is 4.05. The van der Waals surface area contributed by atoms with Gasteiger partial charge in [0.15, 0.2) is 15.8 Å². The summed E-state index contributed by atoms with van der Waals surface area (Å²) in [4.78, 5) is 7.39. The quantitative estimate of drug-likeness (QED) is 0.480. The van der Waals surface area contributed by atoms with Crippen LogP contribution in [0.1, 0.15) is 23.6 Å². The SMILES string of the molecule is CCNC(=NCc1ccc(S(C)(=O)=O)cc1)NCc1ccccc1CN1CCOCC1. The van der Waals surface area contributed by atoms with Gasteiger partial charge in [-0.05, 0) is 35.7 Å². The molecule has 1 fully saturated rings. The highest BCUT2D eigenvalue weighted by atomic mass is 32.2. The third kappa shape index (κ3) is 7.34. The first-order valence-corrected chi connectivity index (χ1v) is 12.5. The summed E-state index contributed by atoms with van der Waals surface area (Å²) in [6, 6.07) is 15.3. The average molecular weight is 445 g/mol. The minimum Gasteiger partial charge on any atom is -0.379 e. The molecule has 0 atom stereocenters. The Bertz CT molecular complexity index is 969. The van der Waals surface area contributed by atoms with Crippen molar-refractivity contribution in [3.8, 4) is 0 Å². The average Bonchev–Trinajstić information content (AvgIpc) is 2.77. The maximum Gasteiger partial charge on any atom is 0.191 e. The number of guanidine groups is 1. The van der Waals surface area contributed by atoms with Crippen LogP contribution in [0.5, 0.6) is 0 Å². The molecule has 0 saturated carbocycles. The van der Waals surface area contributed by atoms with Crippen LogP contribution in [0.4, 0.5) is 0 Å². The second-order valence-electron chi connectivity index (χ2n) is 7.62. The second-order valence-corrected chi connectivity index (χ2v) is 9.64. The van der Waals surface area contributed by atoms with E-state index in [4.69, 9.17) is 4.74 Å². The van der Waals surface area contributed by atoms with E-state index < -0.39 is 9.84 Å². The molecule has 0 aromatic heterocycles. The minimum absolute atomic E-state index is 0.321. The molecule has 2 N–H and O–H groups in total. The Morgan fingerprint density at radius 2 is 1.71 bits per heavy atom. The lowest BCUT2D eigenvalue weighted by Gasteiger charge is -2.27. The molecule has 0 aliphatic carbocycles. The molecule has 0 unspecified atom stereocenters. The van der Waals surface area contributed by atoms with Gasteiger partial charge < -0.3 is 15.4 Å². The van der Waals surface area contributed by atoms with Crippen LogP contribution in [0.15, 0.2) is 58.4 Å². The Morgan fingerprint density at radius 1 is 1.03 bits per heavy atom. The van der Waals surface area contributed by atoms with Crippen LogP contribution in [0.25, 0.3) is 0 Å². The van der Waals surface area contributed by atoms with E-state index in [-0.39, 0.29) is 0 Å². The Kier molecular flexibility index (Phi) is 8.45. The lowest BCUT2D eigenvalue weighted by molar-refractivity contribution is 0.0341. The molecule has 3 rings (SSSR count). The van der Waals surface area contributed by atoms with Crippen LogP contribution in [0.3, 0.4) is 0 Å². The summed E-state index contributed by atoms with van der Waals surface area (Å²) in [6.07, 6.45) is 1.21. The van der Waals surface area contributed by atoms with Gasteiger partial charge in [-0.2, -0.15) is 0 Å². The number of ether oxygens (including phenoxy) is 1. The van der Waals surface area contributed by atoms with Gasteiger partial charge in [0.1, 0.15) is 0 Å². The first kappa shape index (κ1) is 23.2. The Balaban J connectivity index is 1.62. The van der Waals surface area contributed by atoms with Crippen LogP contribution in [-0.4, -0.2) is 58.4 Å². The molecule has 7 nitrogen and oxygen atoms in total. The number of nitrogens with one attached hydrogen (secondary N) is 2. The van der Waals surface area contributed by atoms with Crippen LogP contribution >= 0.6 is 0 Å². The predicted molar refractivity (Wildman–Crippen MR) is 124 cm³/mol. The summed E-state index contributed by atoms with van der Waals surface area (Å²) >= 11 is 0. The number of aliphatic imine (C=N–C) groups is 1. The molecule has 2 aromatic carbocycles. The van der Waals surface area contributed by atoms with Gasteiger partial charge in [0.25, 0.3) is 0 Å². The maximum atomic E-state index is 11.6. The summed E-state index contributed by atoms with van der Waals surface area (Å²) in [5.41, 5.74) is 3.51. The van der Waals surface area contributed by atoms with E-state index >= 15 is 0 Å². The molecule has 1 heterocycles. The van der Waals surface area contributed by atoms with Crippen LogP contribution in [-0.2, 0) is 34.2 Å². The second kappa shape index (κ2) is 11.3. The maximum absolute atomic E-state index is 11.6. The van der Waals surface area contributed by atoms with Gasteiger partial charge in [-0.15, -0.1) is 0 Å². The van der Waals surface area contributed by atoms with Crippen molar-refractivity contribution in [2.24, 2.45) is 4.99 Å². The number of rotatable bonds is 8. The topological polar surface area (TPSA) is 83.0 Å². The zero-order valence-electron chi connectivity index (χ0n) is 18.3. The van der Waals surface area contributed by atoms with Crippen LogP contribution < -0.4 is 10.6 Å². The Labute approximate surface area is 185 Å². The van der Waals surface area contributed by atoms with Gasteiger partial charge in [-0.3, -0.25) is 4.90 Å². The van der Waals surface area contributed by atoms with Gasteiger partial charge in [-0.1, -0.05) is 36.4 Å². The van der Waals surface area contributed by atoms with Gasteiger partial charge in [0.05, 0.1) is 24.7 Å². The van der Waals surface area contributed by atoms with E-state index in [1.54, 1.807) is 24.3 Å². The van der Waals surface area contributed by atoms with Crippen molar-refractivity contribution in [2.75, 3.05) is 39.1 Å². The molecule has 0 bridgehead atoms. The predicted octanol–water partition coefficient (Wildman–Crippen LogP) is 2.18. The summed E-state index contributed by atoms with van der Waals surface area (Å²) in [5.74, 6) is 0.732. The number of nitrogens with zero attached hydrogens (tertiary/aromatic N) is 2. The Hall–Kier alpha value is -2.42. The van der Waals surface area contributed by atoms with E-state index in [1.165, 1.54) is 17.4 Å². The molecule has 168 valence electrons. The van der Waals surface area contributed by atoms with E-state index in [0.717, 1.165) is 50.9 Å². The van der Waals surface area contributed by atoms with Gasteiger partial charge in [0, 0.05) is 39.0 Å². The van der Waals surface area contributed by atoms with Crippen molar-refractivity contribution in [1.29, 1.82) is 0 Å². The number of sulfone groups is 1. The van der Waals surface area contributed by atoms with Gasteiger partial charge in [0.2, 0.25) is 0 Å². The van der Waals surface area contributed by atoms with Gasteiger partial charge >= 0.3 is 0 Å². The normalized spacial score (nSPS) is 15.6. The molecule has 8 heteroatoms. The molecule has 31 heavy (non-hydrogen) atoms. The molecular formula is C23H32N4O3S. The summed E-state index contributed by atoms with van der Waals surface area (Å²) in [5, 5.41) is 6.70. The molecule has 1 aliphatic heterocycles. The van der Waals surface area contributed by atoms with Crippen LogP contribution in [0.2, 0.25) is 0 Å². The standard InChI is InChI=1S/C23H32N4O3S/c1-3-24-23(25-16-19-8-10-22(11-9-19)31(2,28)29)26-17-20-6-4-5-7-21(20)18-27-12-14-30-15-13-27/h4-11H,3,12-18H2,1-2H3,(H2,24,25,26). The van der Waals surface area contributed by atoms with Crippen molar-refractivity contribution >= 4 is 15.8 Å². The van der Waals surface area contributed by atoms with Crippen LogP contribution in [0, 0.1) is 0 Å². The number of hydrogen-bond acceptors (Lipinski definition) is 5. The fraction of sp³-hybridized carbons (Fsp3) is 0.435. The third-order valence-electron chi connectivity index (χ3n) is 5.18. The molecule has 1 saturated heterocycles. The minimum atomic E-state index is -3.18. The van der Waals surface area contributed by atoms with E-state index in [0.29, 0.717) is 18.0 Å². The smallest absolute Gasteiger partial charge is 0.191 e. The first-order chi connectivity index (χ1) is 15.0. The number of benzene rings is 2. The molecular weight excluding hydrogens is 412 g/mol. The summed E-state index contributed by atoms with van der Waals surface area (Å²) in [7, 11) is -3.18. The zero-order valence-corrected chi connectivity index (χ0v) is 19.1. The van der Waals surface area contributed by atoms with Gasteiger partial charge in [-0.25, -0.2) is 13.4 Å². The van der Waals surface area contributed by atoms with Crippen molar-refractivity contribution in [3.05, 3.63) is 65.2 Å². The van der Waals surface area contributed by atoms with E-state index in [1.807, 2.05) is 6.92 Å². The van der Waals surface area contributed by atoms with E-state index in [2.05, 4.69) is 44.8 Å². The molecule has 0 spiro atoms. The Morgan fingerprint density at radius 3 is 2.35 bits per heavy atom. The zero-order chi connectivity index (χ0) is 22.1. The lowest BCUT2D eigenvalue weighted by Crippen LogP contribution is -2.38. The third-order valence-corrected chi connectivity index (χ3v) is 6.31. The largest absolute Gasteiger partial charge is 0.379 e. The monoisotopic (exact) mass is 444 g/mol. The summed E-state index contributed by atoms with van der Waals surface area (Å²) < 4.78 is 28.7. The first-order valence-electron chi connectivity index (χ1n) is 10.6. The molecule has 0 amide bonds. The highest BCUT2D eigenvalue weighted by molar-refractivity contribution is 7.90. The molecule has 1 aliphatic rings. The lowest BCUT2D eigenvalue weighted by atomic mass is 10.1. The summed E-state index contributed by atoms with van der Waals surface area (Å²) in [6.45, 7) is 8.37. The van der Waals surface area contributed by atoms with Crippen molar-refractivity contribution in [3.63, 3.8) is 0 Å². The van der Waals surface area contributed by atoms with Crippen molar-refractivity contribution in [1.82, 2.24) is 15.5 Å². The fourth-order valence-electron chi connectivity index (χ4n) is 3.42. The van der Waals surface area contributed by atoms with E-state index in [9.17, 15) is 8.42 Å². The van der Waals surface area contributed by atoms with Crippen molar-refractivity contribution < 1.29 is 13.2 Å². The number of morpholine rings is 1. The molecule has 2 aromatic rings. The van der Waals surface area contributed by atoms with Crippen molar-refractivity contribution in [2.45, 2.75) is 31.5 Å². The molecule has 0 radical (unpaired) electrons. The highest BCUT2D eigenvalue weighted by Gasteiger charge is 2.13. The number of hydrogen-bond donors (Lipinski definition) is 2.